The van der Waals surface area contributed by atoms with Crippen LogP contribution in [0.25, 0.3) is 0 Å². The number of cyclic esters (lactones) is 2. The van der Waals surface area contributed by atoms with E-state index in [0.717, 1.165) is 88.5 Å². The largest absolute Gasteiger partial charge is 0.465 e. The highest BCUT2D eigenvalue weighted by molar-refractivity contribution is 5.96. The molecule has 6 aliphatic heterocycles. The van der Waals surface area contributed by atoms with E-state index in [9.17, 15) is 14.7 Å². The lowest BCUT2D eigenvalue weighted by atomic mass is 9.33. The van der Waals surface area contributed by atoms with Crippen LogP contribution in [0.2, 0.25) is 0 Å². The number of carbonyl (C=O) groups excluding carboxylic acids is 3. The molecule has 9 aliphatic rings. The lowest BCUT2D eigenvalue weighted by Gasteiger charge is -2.70. The summed E-state index contributed by atoms with van der Waals surface area (Å²) in [5.41, 5.74) is -2.31. The first-order chi connectivity index (χ1) is 24.5. The quantitative estimate of drug-likeness (QED) is 0.122. The average Bonchev–Trinajstić information content (AvgIpc) is 3.36. The summed E-state index contributed by atoms with van der Waals surface area (Å²) in [6.07, 6.45) is 13.0. The van der Waals surface area contributed by atoms with E-state index < -0.39 is 63.8 Å². The van der Waals surface area contributed by atoms with Crippen LogP contribution >= 0.6 is 0 Å². The fourth-order valence-corrected chi connectivity index (χ4v) is 13.6. The van der Waals surface area contributed by atoms with E-state index in [0.29, 0.717) is 19.4 Å². The van der Waals surface area contributed by atoms with Gasteiger partial charge in [-0.1, -0.05) is 39.0 Å². The molecule has 278 valence electrons. The maximum absolute atomic E-state index is 15.1. The van der Waals surface area contributed by atoms with Gasteiger partial charge in [-0.05, 0) is 70.6 Å². The van der Waals surface area contributed by atoms with E-state index in [1.165, 1.54) is 0 Å². The molecule has 2 N–H and O–H groups in total. The van der Waals surface area contributed by atoms with Gasteiger partial charge in [0.2, 0.25) is 0 Å². The molecule has 3 aliphatic carbocycles. The van der Waals surface area contributed by atoms with Gasteiger partial charge in [0, 0.05) is 34.5 Å². The smallest absolute Gasteiger partial charge is 0.339 e. The van der Waals surface area contributed by atoms with Crippen LogP contribution in [-0.4, -0.2) is 101 Å². The van der Waals surface area contributed by atoms with Gasteiger partial charge in [0.25, 0.3) is 0 Å². The maximum Gasteiger partial charge on any atom is 0.339 e. The summed E-state index contributed by atoms with van der Waals surface area (Å²) in [6.45, 7) is 7.45. The van der Waals surface area contributed by atoms with Gasteiger partial charge < -0.3 is 28.8 Å². The zero-order chi connectivity index (χ0) is 35.4. The second-order valence-corrected chi connectivity index (χ2v) is 17.9. The molecule has 6 heterocycles. The third-order valence-electron chi connectivity index (χ3n) is 15.3. The first-order valence-corrected chi connectivity index (χ1v) is 19.9. The van der Waals surface area contributed by atoms with E-state index in [1.807, 2.05) is 13.8 Å². The number of epoxide rings is 1. The Morgan fingerprint density at radius 3 is 2.57 bits per heavy atom. The highest BCUT2D eigenvalue weighted by atomic mass is 16.7. The van der Waals surface area contributed by atoms with Gasteiger partial charge in [-0.15, -0.1) is 0 Å². The number of hydrogen-bond donors (Lipinski definition) is 1. The van der Waals surface area contributed by atoms with Gasteiger partial charge in [0.05, 0.1) is 36.2 Å². The fourth-order valence-electron chi connectivity index (χ4n) is 13.6. The summed E-state index contributed by atoms with van der Waals surface area (Å²) < 4.78 is 31.0. The maximum atomic E-state index is 15.1. The van der Waals surface area contributed by atoms with Crippen molar-refractivity contribution in [1.82, 2.24) is 0 Å². The Balaban J connectivity index is 1.07. The molecule has 11 atom stereocenters. The molecule has 0 amide bonds. The second-order valence-electron chi connectivity index (χ2n) is 17.9. The minimum absolute atomic E-state index is 0.0384. The molecule has 1 unspecified atom stereocenters. The molecule has 51 heavy (non-hydrogen) atoms. The second kappa shape index (κ2) is 12.0. The van der Waals surface area contributed by atoms with Crippen molar-refractivity contribution in [2.45, 2.75) is 152 Å². The van der Waals surface area contributed by atoms with E-state index in [1.54, 1.807) is 6.34 Å². The molecule has 3 saturated carbocycles. The van der Waals surface area contributed by atoms with Crippen molar-refractivity contribution in [3.8, 4) is 0 Å². The molecular formula is C40H55N2O9+. The van der Waals surface area contributed by atoms with Crippen molar-refractivity contribution >= 4 is 29.8 Å². The molecule has 0 aromatic heterocycles. The number of nitrogens with zero attached hydrogens (tertiary/aromatic N) is 2. The molecular weight excluding hydrogens is 652 g/mol. The number of aliphatic imine (C=N–C) groups is 2. The van der Waals surface area contributed by atoms with E-state index in [-0.39, 0.29) is 42.7 Å². The number of ether oxygens (including phenoxy) is 5. The number of hydrogen-bond acceptors (Lipinski definition) is 10. The zero-order valence-corrected chi connectivity index (χ0v) is 30.4. The number of unbranched alkanes of at least 4 members (excludes halogenated alkanes) is 3. The van der Waals surface area contributed by atoms with E-state index in [2.05, 4.69) is 23.0 Å². The van der Waals surface area contributed by atoms with Crippen LogP contribution in [0.1, 0.15) is 111 Å². The van der Waals surface area contributed by atoms with Crippen molar-refractivity contribution in [2.24, 2.45) is 44.0 Å². The van der Waals surface area contributed by atoms with Gasteiger partial charge in [-0.25, -0.2) is 9.79 Å². The highest BCUT2D eigenvalue weighted by Crippen LogP contribution is 2.81. The summed E-state index contributed by atoms with van der Waals surface area (Å²) in [6, 6.07) is 0. The standard InChI is InChI=1S/C40H54N2O9/c1-36(2)31-30(44)32(45)39(23-11-7-6-8-12-23)27(38(31)21-48-29(43)19-28(38)50-36)15-17-37(3)33(49-35(46)34-40(37,39)51-34)25-16-18-47-26(25)14-10-5-4-9-13-24-20-41-22-42-24/h16,22-23,26-28,31-34,45H,4-15,17-21H2,1-3H3/p+1/t26?,27-,28+,31-,32-,33+,34-,37+,38+,39+,40-/m1/s1. The van der Waals surface area contributed by atoms with Gasteiger partial charge >= 0.3 is 11.9 Å². The van der Waals surface area contributed by atoms with Crippen LogP contribution in [0.5, 0.6) is 0 Å². The molecule has 11 nitrogen and oxygen atoms in total. The van der Waals surface area contributed by atoms with Crippen molar-refractivity contribution in [1.29, 1.82) is 0 Å². The van der Waals surface area contributed by atoms with Gasteiger partial charge in [-0.2, -0.15) is 0 Å². The van der Waals surface area contributed by atoms with Crippen LogP contribution in [0.15, 0.2) is 21.6 Å². The first kappa shape index (κ1) is 34.3. The lowest BCUT2D eigenvalue weighted by molar-refractivity contribution is -0.272. The Morgan fingerprint density at radius 2 is 1.78 bits per heavy atom. The zero-order valence-electron chi connectivity index (χ0n) is 30.4. The number of aliphatic hydroxyl groups excluding tert-OH is 1. The van der Waals surface area contributed by atoms with Crippen molar-refractivity contribution in [3.05, 3.63) is 11.6 Å². The number of Topliss-reactive ketones (excluding diaryl/α,β-unsaturated/α-hetero) is 1. The molecule has 0 aromatic rings. The summed E-state index contributed by atoms with van der Waals surface area (Å²) in [5.74, 6) is -1.87. The summed E-state index contributed by atoms with van der Waals surface area (Å²) in [4.78, 5) is 50.6. The lowest BCUT2D eigenvalue weighted by Crippen LogP contribution is -2.79. The van der Waals surface area contributed by atoms with Crippen molar-refractivity contribution < 1.29 is 43.2 Å². The van der Waals surface area contributed by atoms with Crippen molar-refractivity contribution in [2.75, 3.05) is 19.8 Å². The van der Waals surface area contributed by atoms with Gasteiger partial charge in [-0.3, -0.25) is 14.6 Å². The Morgan fingerprint density at radius 1 is 0.980 bits per heavy atom. The minimum atomic E-state index is -1.34. The van der Waals surface area contributed by atoms with Gasteiger partial charge in [0.1, 0.15) is 30.8 Å². The number of rotatable bonds is 9. The number of fused-ring (bicyclic) bond motifs is 1. The molecule has 11 heteroatoms. The Hall–Kier alpha value is -2.47. The van der Waals surface area contributed by atoms with E-state index >= 15 is 4.79 Å². The third kappa shape index (κ3) is 4.53. The number of aliphatic hydroxyl groups is 3. The average molecular weight is 708 g/mol. The van der Waals surface area contributed by atoms with Crippen LogP contribution in [0, 0.1) is 34.0 Å². The minimum Gasteiger partial charge on any atom is -0.465 e. The van der Waals surface area contributed by atoms with Gasteiger partial charge in [0.15, 0.2) is 24.6 Å². The van der Waals surface area contributed by atoms with Crippen LogP contribution in [-0.2, 0) is 33.3 Å². The topological polar surface area (TPSA) is 149 Å². The van der Waals surface area contributed by atoms with Crippen molar-refractivity contribution in [3.63, 3.8) is 0 Å². The van der Waals surface area contributed by atoms with Crippen LogP contribution in [0.3, 0.4) is 0 Å². The number of ketones is 1. The Kier molecular flexibility index (Phi) is 8.09. The normalized spacial score (nSPS) is 46.6. The molecule has 7 fully saturated rings. The Bertz CT molecular complexity index is 1580. The van der Waals surface area contributed by atoms with E-state index in [4.69, 9.17) is 23.7 Å². The SMILES string of the molecule is CC1(C)O[C@H]2CC(=O)OC[C@@]23[C@@H]1C(=O)[C@@H](O)[C@]1(C2CCCCC2)[C@@H]3CC[C@@]2(C)[C@H](C3=CC[OH+]C3CCCCCCC3=NC=NC3)OC(=O)[C@H]3O[C@@]312. The molecule has 0 bridgehead atoms. The molecule has 2 spiro atoms. The molecule has 9 rings (SSSR count). The molecule has 0 radical (unpaired) electrons. The monoisotopic (exact) mass is 707 g/mol. The van der Waals surface area contributed by atoms with Crippen LogP contribution < -0.4 is 0 Å². The third-order valence-corrected chi connectivity index (χ3v) is 15.3. The summed E-state index contributed by atoms with van der Waals surface area (Å²) in [5, 5.41) is 12.9. The summed E-state index contributed by atoms with van der Waals surface area (Å²) in [7, 11) is 0. The first-order valence-electron chi connectivity index (χ1n) is 19.9. The highest BCUT2D eigenvalue weighted by Gasteiger charge is 2.93. The number of esters is 2. The summed E-state index contributed by atoms with van der Waals surface area (Å²) >= 11 is 0. The Labute approximate surface area is 300 Å². The van der Waals surface area contributed by atoms with Crippen LogP contribution in [0.4, 0.5) is 0 Å². The predicted molar refractivity (Wildman–Crippen MR) is 186 cm³/mol. The fraction of sp³-hybridized carbons (Fsp3) is 0.825. The molecule has 4 saturated heterocycles. The predicted octanol–water partition coefficient (Wildman–Crippen LogP) is 4.36. The molecule has 0 aromatic carbocycles. The number of carbonyl (C=O) groups is 3.